The van der Waals surface area contributed by atoms with E-state index in [-0.39, 0.29) is 18.4 Å². The van der Waals surface area contributed by atoms with Crippen LogP contribution in [0.1, 0.15) is 57.5 Å². The summed E-state index contributed by atoms with van der Waals surface area (Å²) in [4.78, 5) is 54.5. The van der Waals surface area contributed by atoms with E-state index in [0.29, 0.717) is 29.2 Å². The van der Waals surface area contributed by atoms with Crippen LogP contribution >= 0.6 is 11.3 Å². The molecule has 12 heteroatoms. The van der Waals surface area contributed by atoms with Gasteiger partial charge in [-0.2, -0.15) is 0 Å². The molecule has 1 saturated heterocycles. The zero-order chi connectivity index (χ0) is 33.9. The van der Waals surface area contributed by atoms with Gasteiger partial charge in [-0.15, -0.1) is 11.3 Å². The molecule has 2 heterocycles. The Morgan fingerprint density at radius 1 is 0.891 bits per heavy atom. The van der Waals surface area contributed by atoms with Crippen LogP contribution in [0, 0.1) is 0 Å². The molecule has 1 fully saturated rings. The van der Waals surface area contributed by atoms with Crippen LogP contribution in [0.2, 0.25) is 19.1 Å². The highest BCUT2D eigenvalue weighted by Crippen LogP contribution is 2.33. The topological polar surface area (TPSA) is 126 Å². The first-order valence-corrected chi connectivity index (χ1v) is 19.5. The largest absolute Gasteiger partial charge is 0.444 e. The van der Waals surface area contributed by atoms with Crippen LogP contribution in [0.3, 0.4) is 0 Å². The molecule has 3 N–H and O–H groups in total. The highest BCUT2D eigenvalue weighted by Gasteiger charge is 2.46. The number of nitrogens with zero attached hydrogens (tertiary/aromatic N) is 1. The summed E-state index contributed by atoms with van der Waals surface area (Å²) in [6.45, 7) is 15.3. The number of ether oxygens (including phenoxy) is 2. The molecule has 4 rings (SSSR count). The van der Waals surface area contributed by atoms with Crippen LogP contribution in [0.15, 0.2) is 60.0 Å². The van der Waals surface area contributed by atoms with Gasteiger partial charge in [0.05, 0.1) is 19.4 Å². The Kier molecular flexibility index (Phi) is 10.3. The van der Waals surface area contributed by atoms with Crippen molar-refractivity contribution in [3.63, 3.8) is 0 Å². The predicted molar refractivity (Wildman–Crippen MR) is 185 cm³/mol. The third kappa shape index (κ3) is 9.67. The smallest absolute Gasteiger partial charge is 0.412 e. The van der Waals surface area contributed by atoms with E-state index in [2.05, 4.69) is 29.0 Å². The van der Waals surface area contributed by atoms with Crippen LogP contribution in [0.4, 0.5) is 21.0 Å². The second kappa shape index (κ2) is 13.7. The number of thiophene rings is 1. The van der Waals surface area contributed by atoms with Crippen molar-refractivity contribution in [2.24, 2.45) is 0 Å². The van der Waals surface area contributed by atoms with Crippen molar-refractivity contribution in [1.82, 2.24) is 10.2 Å². The number of carbonyl (C=O) groups is 4. The van der Waals surface area contributed by atoms with E-state index in [1.165, 1.54) is 0 Å². The molecule has 0 bridgehead atoms. The van der Waals surface area contributed by atoms with Gasteiger partial charge in [0.15, 0.2) is 0 Å². The first-order chi connectivity index (χ1) is 21.4. The third-order valence-electron chi connectivity index (χ3n) is 7.04. The fourth-order valence-electron chi connectivity index (χ4n) is 5.06. The highest BCUT2D eigenvalue weighted by atomic mass is 32.1. The van der Waals surface area contributed by atoms with Gasteiger partial charge in [0.25, 0.3) is 5.91 Å². The van der Waals surface area contributed by atoms with E-state index in [0.717, 1.165) is 16.0 Å². The van der Waals surface area contributed by atoms with Gasteiger partial charge in [0.2, 0.25) is 5.91 Å². The number of anilines is 2. The number of amides is 4. The summed E-state index contributed by atoms with van der Waals surface area (Å²) in [5.41, 5.74) is 1.60. The molecule has 0 unspecified atom stereocenters. The van der Waals surface area contributed by atoms with Crippen LogP contribution in [-0.2, 0) is 20.8 Å². The van der Waals surface area contributed by atoms with E-state index in [9.17, 15) is 19.2 Å². The second-order valence-corrected chi connectivity index (χ2v) is 20.2. The molecular weight excluding hydrogens is 621 g/mol. The SMILES string of the molecule is CC(C)(C)OC(=O)Nc1ccc(-c2cccs2)cc1NC(=O)c1ccc(CNC(=O)[C@@H]2C[Si](C)(C)CN2C(=O)OC(C)(C)C)cc1. The maximum atomic E-state index is 13.3. The van der Waals surface area contributed by atoms with Crippen LogP contribution in [0.5, 0.6) is 0 Å². The Bertz CT molecular complexity index is 1580. The lowest BCUT2D eigenvalue weighted by atomic mass is 10.1. The summed E-state index contributed by atoms with van der Waals surface area (Å²) >= 11 is 1.57. The molecule has 3 aromatic rings. The lowest BCUT2D eigenvalue weighted by Crippen LogP contribution is -2.47. The Hall–Kier alpha value is -4.16. The molecule has 0 aliphatic carbocycles. The zero-order valence-electron chi connectivity index (χ0n) is 27.8. The highest BCUT2D eigenvalue weighted by molar-refractivity contribution is 7.13. The van der Waals surface area contributed by atoms with Crippen molar-refractivity contribution in [3.05, 3.63) is 71.1 Å². The molecule has 10 nitrogen and oxygen atoms in total. The predicted octanol–water partition coefficient (Wildman–Crippen LogP) is 7.50. The van der Waals surface area contributed by atoms with Crippen molar-refractivity contribution in [2.75, 3.05) is 16.8 Å². The van der Waals surface area contributed by atoms with Crippen LogP contribution < -0.4 is 16.0 Å². The molecule has 4 amide bonds. The van der Waals surface area contributed by atoms with Crippen molar-refractivity contribution in [3.8, 4) is 10.4 Å². The van der Waals surface area contributed by atoms with Crippen molar-refractivity contribution in [1.29, 1.82) is 0 Å². The second-order valence-electron chi connectivity index (χ2n) is 14.2. The molecule has 0 spiro atoms. The van der Waals surface area contributed by atoms with Gasteiger partial charge in [0, 0.05) is 23.2 Å². The fourth-order valence-corrected chi connectivity index (χ4v) is 8.64. The molecule has 246 valence electrons. The van der Waals surface area contributed by atoms with Crippen LogP contribution in [0.25, 0.3) is 10.4 Å². The first-order valence-electron chi connectivity index (χ1n) is 15.2. The van der Waals surface area contributed by atoms with Gasteiger partial charge >= 0.3 is 12.2 Å². The maximum absolute atomic E-state index is 13.3. The monoisotopic (exact) mass is 664 g/mol. The average Bonchev–Trinajstić information content (AvgIpc) is 3.59. The first kappa shape index (κ1) is 34.7. The Morgan fingerprint density at radius 2 is 1.57 bits per heavy atom. The summed E-state index contributed by atoms with van der Waals surface area (Å²) in [6, 6.07) is 16.3. The van der Waals surface area contributed by atoms with Crippen molar-refractivity contribution < 1.29 is 28.7 Å². The van der Waals surface area contributed by atoms with E-state index >= 15 is 0 Å². The molecule has 0 radical (unpaired) electrons. The van der Waals surface area contributed by atoms with E-state index in [1.54, 1.807) is 67.3 Å². The van der Waals surface area contributed by atoms with Gasteiger partial charge in [-0.3, -0.25) is 19.8 Å². The Labute approximate surface area is 275 Å². The van der Waals surface area contributed by atoms with Crippen LogP contribution in [-0.4, -0.2) is 60.4 Å². The standard InChI is InChI=1S/C34H44N4O6SSi/c1-33(2,3)43-31(41)37-25-16-15-24(28-10-9-17-45-28)18-26(25)36-29(39)23-13-11-22(12-14-23)19-35-30(40)27-20-46(7,8)21-38(27)32(42)44-34(4,5)6/h9-18,27H,19-21H2,1-8H3,(H,35,40)(H,36,39)(H,37,41)/t27-/m0/s1. The lowest BCUT2D eigenvalue weighted by Gasteiger charge is -2.28. The van der Waals surface area contributed by atoms with Gasteiger partial charge < -0.3 is 20.1 Å². The maximum Gasteiger partial charge on any atom is 0.412 e. The lowest BCUT2D eigenvalue weighted by molar-refractivity contribution is -0.125. The molecule has 46 heavy (non-hydrogen) atoms. The van der Waals surface area contributed by atoms with E-state index < -0.39 is 37.5 Å². The number of rotatable bonds is 7. The number of nitrogens with one attached hydrogen (secondary N) is 3. The summed E-state index contributed by atoms with van der Waals surface area (Å²) in [7, 11) is -1.78. The third-order valence-corrected chi connectivity index (χ3v) is 10.7. The molecule has 2 aromatic carbocycles. The van der Waals surface area contributed by atoms with Crippen molar-refractivity contribution in [2.45, 2.75) is 84.5 Å². The van der Waals surface area contributed by atoms with E-state index in [1.807, 2.05) is 50.4 Å². The summed E-state index contributed by atoms with van der Waals surface area (Å²) in [5, 5.41) is 10.6. The molecule has 1 aliphatic heterocycles. The zero-order valence-corrected chi connectivity index (χ0v) is 29.6. The molecule has 1 atom stereocenters. The summed E-state index contributed by atoms with van der Waals surface area (Å²) in [5.74, 6) is -0.585. The number of hydrogen-bond acceptors (Lipinski definition) is 7. The minimum Gasteiger partial charge on any atom is -0.444 e. The van der Waals surface area contributed by atoms with Gasteiger partial charge in [-0.25, -0.2) is 9.59 Å². The Balaban J connectivity index is 1.43. The Morgan fingerprint density at radius 3 is 2.17 bits per heavy atom. The summed E-state index contributed by atoms with van der Waals surface area (Å²) in [6.07, 6.45) is -0.530. The molecule has 1 aliphatic rings. The number of carbonyl (C=O) groups excluding carboxylic acids is 4. The molecule has 1 aromatic heterocycles. The minimum atomic E-state index is -1.78. The van der Waals surface area contributed by atoms with Gasteiger partial charge in [-0.05, 0) is 94.4 Å². The van der Waals surface area contributed by atoms with E-state index in [4.69, 9.17) is 9.47 Å². The van der Waals surface area contributed by atoms with Gasteiger partial charge in [-0.1, -0.05) is 37.4 Å². The number of hydrogen-bond donors (Lipinski definition) is 3. The number of benzene rings is 2. The minimum absolute atomic E-state index is 0.221. The molecular formula is C34H44N4O6SSi. The normalized spacial score (nSPS) is 16.0. The molecule has 0 saturated carbocycles. The van der Waals surface area contributed by atoms with Crippen molar-refractivity contribution >= 4 is 54.8 Å². The quantitative estimate of drug-likeness (QED) is 0.225. The van der Waals surface area contributed by atoms with Gasteiger partial charge in [0.1, 0.15) is 17.2 Å². The summed E-state index contributed by atoms with van der Waals surface area (Å²) < 4.78 is 11.0. The average molecular weight is 665 g/mol. The fraction of sp³-hybridized carbons (Fsp3) is 0.412.